The molecule has 266 valence electrons. The number of aliphatic hydroxyl groups is 1. The van der Waals surface area contributed by atoms with Gasteiger partial charge in [-0.1, -0.05) is 36.4 Å². The maximum Gasteiger partial charge on any atom is 0.239 e. The van der Waals surface area contributed by atoms with Crippen LogP contribution in [0.25, 0.3) is 0 Å². The summed E-state index contributed by atoms with van der Waals surface area (Å²) in [6, 6.07) is 21.0. The number of amides is 1. The van der Waals surface area contributed by atoms with E-state index in [4.69, 9.17) is 34.2 Å². The van der Waals surface area contributed by atoms with Gasteiger partial charge in [-0.05, 0) is 54.8 Å². The fourth-order valence-corrected chi connectivity index (χ4v) is 6.44. The van der Waals surface area contributed by atoms with Crippen LogP contribution in [0.3, 0.4) is 0 Å². The molecule has 49 heavy (non-hydrogen) atoms. The molecule has 2 heterocycles. The maximum absolute atomic E-state index is 12.9. The van der Waals surface area contributed by atoms with Gasteiger partial charge in [0.1, 0.15) is 23.9 Å². The van der Waals surface area contributed by atoms with Gasteiger partial charge in [-0.15, -0.1) is 0 Å². The summed E-state index contributed by atoms with van der Waals surface area (Å²) in [5.74, 6) is 1.85. The van der Waals surface area contributed by atoms with E-state index in [-0.39, 0.29) is 18.4 Å². The molecule has 0 aromatic heterocycles. The van der Waals surface area contributed by atoms with Gasteiger partial charge >= 0.3 is 0 Å². The van der Waals surface area contributed by atoms with Crippen LogP contribution in [-0.4, -0.2) is 101 Å². The first-order valence-electron chi connectivity index (χ1n) is 17.1. The molecule has 1 saturated heterocycles. The molecule has 11 heteroatoms. The highest BCUT2D eigenvalue weighted by molar-refractivity contribution is 5.81. The predicted molar refractivity (Wildman–Crippen MR) is 187 cm³/mol. The van der Waals surface area contributed by atoms with Crippen molar-refractivity contribution in [2.24, 2.45) is 5.73 Å². The van der Waals surface area contributed by atoms with Crippen molar-refractivity contribution in [3.63, 3.8) is 0 Å². The van der Waals surface area contributed by atoms with Crippen LogP contribution >= 0.6 is 0 Å². The molecule has 2 aliphatic rings. The number of hydrogen-bond donors (Lipinski definition) is 2. The zero-order valence-electron chi connectivity index (χ0n) is 28.9. The number of ether oxygens (including phenoxy) is 6. The summed E-state index contributed by atoms with van der Waals surface area (Å²) in [5, 5.41) is 11.4. The third-order valence-corrected chi connectivity index (χ3v) is 8.96. The van der Waals surface area contributed by atoms with Gasteiger partial charge in [0.05, 0.1) is 64.0 Å². The number of piperidine rings is 1. The van der Waals surface area contributed by atoms with Crippen molar-refractivity contribution in [1.29, 1.82) is 0 Å². The minimum Gasteiger partial charge on any atom is -0.496 e. The summed E-state index contributed by atoms with van der Waals surface area (Å²) in [5.41, 5.74) is 9.90. The van der Waals surface area contributed by atoms with Gasteiger partial charge in [-0.25, -0.2) is 0 Å². The summed E-state index contributed by atoms with van der Waals surface area (Å²) in [6.07, 6.45) is 0.368. The molecule has 3 N–H and O–H groups in total. The van der Waals surface area contributed by atoms with Crippen LogP contribution in [0.15, 0.2) is 66.7 Å². The van der Waals surface area contributed by atoms with Crippen molar-refractivity contribution in [1.82, 2.24) is 4.90 Å². The van der Waals surface area contributed by atoms with E-state index >= 15 is 0 Å². The highest BCUT2D eigenvalue weighted by Crippen LogP contribution is 2.35. The van der Waals surface area contributed by atoms with Crippen molar-refractivity contribution < 1.29 is 38.3 Å². The number of rotatable bonds is 17. The van der Waals surface area contributed by atoms with Crippen LogP contribution in [-0.2, 0) is 32.2 Å². The molecule has 1 fully saturated rings. The minimum atomic E-state index is -0.832. The zero-order chi connectivity index (χ0) is 34.6. The Morgan fingerprint density at radius 1 is 1.00 bits per heavy atom. The first kappa shape index (κ1) is 36.4. The molecule has 0 spiro atoms. The van der Waals surface area contributed by atoms with Crippen molar-refractivity contribution >= 4 is 11.6 Å². The van der Waals surface area contributed by atoms with Crippen molar-refractivity contribution in [2.75, 3.05) is 71.7 Å². The predicted octanol–water partition coefficient (Wildman–Crippen LogP) is 4.14. The van der Waals surface area contributed by atoms with Crippen LogP contribution < -0.4 is 24.8 Å². The number of carbonyl (C=O) groups is 1. The summed E-state index contributed by atoms with van der Waals surface area (Å²) >= 11 is 0. The molecule has 5 rings (SSSR count). The second-order valence-electron chi connectivity index (χ2n) is 12.6. The number of fused-ring (bicyclic) bond motifs is 1. The van der Waals surface area contributed by atoms with Crippen molar-refractivity contribution in [3.05, 3.63) is 83.4 Å². The number of aliphatic hydroxyl groups excluding tert-OH is 1. The highest BCUT2D eigenvalue weighted by Gasteiger charge is 2.40. The fourth-order valence-electron chi connectivity index (χ4n) is 6.44. The third kappa shape index (κ3) is 9.86. The van der Waals surface area contributed by atoms with Crippen molar-refractivity contribution in [3.8, 4) is 17.2 Å². The van der Waals surface area contributed by atoms with Gasteiger partial charge in [-0.2, -0.15) is 0 Å². The molecule has 2 aliphatic heterocycles. The Morgan fingerprint density at radius 2 is 1.82 bits per heavy atom. The molecule has 1 amide bonds. The molecule has 1 unspecified atom stereocenters. The van der Waals surface area contributed by atoms with E-state index in [1.165, 1.54) is 0 Å². The van der Waals surface area contributed by atoms with Gasteiger partial charge in [0, 0.05) is 51.3 Å². The molecule has 0 aliphatic carbocycles. The van der Waals surface area contributed by atoms with E-state index in [2.05, 4.69) is 11.0 Å². The Kier molecular flexibility index (Phi) is 13.5. The Morgan fingerprint density at radius 3 is 2.59 bits per heavy atom. The van der Waals surface area contributed by atoms with Crippen LogP contribution in [0.2, 0.25) is 0 Å². The minimum absolute atomic E-state index is 0.185. The van der Waals surface area contributed by atoms with E-state index in [1.807, 2.05) is 60.7 Å². The van der Waals surface area contributed by atoms with E-state index in [9.17, 15) is 9.90 Å². The summed E-state index contributed by atoms with van der Waals surface area (Å²) in [7, 11) is 3.37. The largest absolute Gasteiger partial charge is 0.496 e. The average Bonchev–Trinajstić information content (AvgIpc) is 3.12. The lowest BCUT2D eigenvalue weighted by Gasteiger charge is -2.42. The number of β-amino-alcohol motifs (C(OH)–C–C–N with tert-alkyl or cyclic N) is 1. The molecular weight excluding hydrogens is 626 g/mol. The van der Waals surface area contributed by atoms with Crippen LogP contribution in [0.1, 0.15) is 42.4 Å². The van der Waals surface area contributed by atoms with Crippen LogP contribution in [0.4, 0.5) is 5.69 Å². The third-order valence-electron chi connectivity index (χ3n) is 8.96. The first-order valence-corrected chi connectivity index (χ1v) is 17.1. The summed E-state index contributed by atoms with van der Waals surface area (Å²) < 4.78 is 34.9. The lowest BCUT2D eigenvalue weighted by molar-refractivity contribution is -0.143. The maximum atomic E-state index is 12.9. The summed E-state index contributed by atoms with van der Waals surface area (Å²) in [6.45, 7) is 7.05. The average molecular weight is 678 g/mol. The Bertz CT molecular complexity index is 1470. The van der Waals surface area contributed by atoms with Gasteiger partial charge in [-0.3, -0.25) is 4.79 Å². The highest BCUT2D eigenvalue weighted by atomic mass is 16.5. The second kappa shape index (κ2) is 18.2. The summed E-state index contributed by atoms with van der Waals surface area (Å²) in [4.78, 5) is 16.8. The molecule has 0 bridgehead atoms. The first-order chi connectivity index (χ1) is 23.9. The van der Waals surface area contributed by atoms with E-state index in [0.29, 0.717) is 46.2 Å². The number of nitrogens with zero attached hydrogens (tertiary/aromatic N) is 2. The molecule has 0 saturated carbocycles. The van der Waals surface area contributed by atoms with Gasteiger partial charge < -0.3 is 49.1 Å². The van der Waals surface area contributed by atoms with Gasteiger partial charge in [0.15, 0.2) is 0 Å². The van der Waals surface area contributed by atoms with Crippen LogP contribution in [0.5, 0.6) is 17.2 Å². The monoisotopic (exact) mass is 677 g/mol. The van der Waals surface area contributed by atoms with E-state index in [0.717, 1.165) is 65.6 Å². The van der Waals surface area contributed by atoms with Crippen molar-refractivity contribution in [2.45, 2.75) is 57.1 Å². The smallest absolute Gasteiger partial charge is 0.239 e. The molecule has 3 aromatic rings. The molecule has 11 nitrogen and oxygen atoms in total. The fraction of sp³-hybridized carbons (Fsp3) is 0.500. The topological polar surface area (TPSA) is 125 Å². The van der Waals surface area contributed by atoms with E-state index in [1.54, 1.807) is 26.0 Å². The number of hydrogen-bond acceptors (Lipinski definition) is 10. The lowest BCUT2D eigenvalue weighted by Crippen LogP contribution is -2.56. The molecule has 0 radical (unpaired) electrons. The Labute approximate surface area is 289 Å². The lowest BCUT2D eigenvalue weighted by atomic mass is 9.84. The van der Waals surface area contributed by atoms with E-state index < -0.39 is 18.2 Å². The quantitative estimate of drug-likeness (QED) is 0.202. The standard InChI is InChI=1S/C38H51N3O8/c1-27(39)38(43)41-23-33(42)37(29-11-13-31(14-12-29)47-20-7-19-46-26-30-8-4-5-9-34(30)45-3)36(24-41)49-25-28-10-15-35-32(22-28)40(17-21-48-35)16-6-18-44-2/h4-5,8-15,22,27,33,36-37,42H,6-7,16-21,23-26,39H2,1-3H3/t27?,33-,36+,37+/m1/s1. The SMILES string of the molecule is COCCCN1CCOc2ccc(CO[C@H]3CN(C(=O)C(C)N)C[C@@H](O)[C@@H]3c3ccc(OCCCOCc4ccccc4OC)cc3)cc21. The number of nitrogens with two attached hydrogens (primary N) is 1. The van der Waals surface area contributed by atoms with Crippen LogP contribution in [0, 0.1) is 0 Å². The van der Waals surface area contributed by atoms with Gasteiger partial charge in [0.2, 0.25) is 5.91 Å². The Balaban J connectivity index is 1.20. The Hall–Kier alpha value is -3.87. The van der Waals surface area contributed by atoms with Gasteiger partial charge in [0.25, 0.3) is 0 Å². The number of likely N-dealkylation sites (tertiary alicyclic amines) is 1. The molecule has 3 aromatic carbocycles. The number of para-hydroxylation sites is 1. The second-order valence-corrected chi connectivity index (χ2v) is 12.6. The molecule has 4 atom stereocenters. The number of carbonyl (C=O) groups excluding carboxylic acids is 1. The number of methoxy groups -OCH3 is 2. The number of benzene rings is 3. The normalized spacial score (nSPS) is 19.6. The molecular formula is C38H51N3O8. The zero-order valence-corrected chi connectivity index (χ0v) is 28.9. The number of anilines is 1.